The first-order valence-corrected chi connectivity index (χ1v) is 8.77. The molecule has 0 amide bonds. The molecule has 0 aromatic carbocycles. The minimum absolute atomic E-state index is 0.0376. The summed E-state index contributed by atoms with van der Waals surface area (Å²) in [4.78, 5) is 37.8. The van der Waals surface area contributed by atoms with Crippen LogP contribution in [-0.4, -0.2) is 33.5 Å². The van der Waals surface area contributed by atoms with Crippen molar-refractivity contribution in [2.24, 2.45) is 0 Å². The smallest absolute Gasteiger partial charge is 0.279 e. The zero-order valence-electron chi connectivity index (χ0n) is 16.0. The van der Waals surface area contributed by atoms with Gasteiger partial charge >= 0.3 is 0 Å². The minimum atomic E-state index is -0.174. The summed E-state index contributed by atoms with van der Waals surface area (Å²) >= 11 is 0. The van der Waals surface area contributed by atoms with Crippen LogP contribution < -0.4 is 11.1 Å². The van der Waals surface area contributed by atoms with E-state index in [4.69, 9.17) is 0 Å². The van der Waals surface area contributed by atoms with Crippen molar-refractivity contribution in [2.45, 2.75) is 46.7 Å². The van der Waals surface area contributed by atoms with Gasteiger partial charge in [0.1, 0.15) is 5.82 Å². The topological polar surface area (TPSA) is 103 Å². The van der Waals surface area contributed by atoms with Crippen molar-refractivity contribution in [3.8, 4) is 0 Å². The van der Waals surface area contributed by atoms with E-state index >= 15 is 0 Å². The lowest BCUT2D eigenvalue weighted by molar-refractivity contribution is 0.599. The molecule has 9 nitrogen and oxygen atoms in total. The zero-order valence-corrected chi connectivity index (χ0v) is 16.0. The number of fused-ring (bicyclic) bond motifs is 2. The Morgan fingerprint density at radius 3 is 2.37 bits per heavy atom. The summed E-state index contributed by atoms with van der Waals surface area (Å²) < 4.78 is 5.39. The molecule has 9 heteroatoms. The van der Waals surface area contributed by atoms with E-state index in [2.05, 4.69) is 33.8 Å². The average Bonchev–Trinajstić information content (AvgIpc) is 3.22. The van der Waals surface area contributed by atoms with E-state index in [1.165, 1.54) is 0 Å². The van der Waals surface area contributed by atoms with Crippen LogP contribution in [0.4, 0.5) is 0 Å². The van der Waals surface area contributed by atoms with Gasteiger partial charge in [0, 0.05) is 36.7 Å². The molecule has 0 spiro atoms. The maximum atomic E-state index is 11.5. The highest BCUT2D eigenvalue weighted by Crippen LogP contribution is 2.11. The summed E-state index contributed by atoms with van der Waals surface area (Å²) in [5.74, 6) is 1.31. The van der Waals surface area contributed by atoms with Crippen molar-refractivity contribution < 1.29 is 0 Å². The van der Waals surface area contributed by atoms with E-state index in [1.54, 1.807) is 42.3 Å². The van der Waals surface area contributed by atoms with Gasteiger partial charge in [-0.3, -0.25) is 14.0 Å². The second-order valence-corrected chi connectivity index (χ2v) is 6.82. The highest BCUT2D eigenvalue weighted by atomic mass is 16.1. The fourth-order valence-corrected chi connectivity index (χ4v) is 2.77. The summed E-state index contributed by atoms with van der Waals surface area (Å²) in [6.07, 6.45) is 6.73. The summed E-state index contributed by atoms with van der Waals surface area (Å²) in [6.45, 7) is 9.93. The Morgan fingerprint density at radius 2 is 1.70 bits per heavy atom. The molecule has 0 aliphatic rings. The van der Waals surface area contributed by atoms with Gasteiger partial charge in [-0.25, -0.2) is 15.0 Å². The second kappa shape index (κ2) is 7.18. The standard InChI is InChI=1S/C9H12N4O.C9H11N3O/c1-5(2)13-4-10-7-8(13)11-6(3)12-9(7)14;1-7(2)11-5-3-8(13)12-6-4-10-9(11)12/h4-5H,1-3H3,(H,11,12,14);3-7H,1-2H3. The first-order valence-electron chi connectivity index (χ1n) is 8.77. The lowest BCUT2D eigenvalue weighted by atomic mass is 10.4. The van der Waals surface area contributed by atoms with E-state index in [-0.39, 0.29) is 17.2 Å². The molecular weight excluding hydrogens is 346 g/mol. The highest BCUT2D eigenvalue weighted by Gasteiger charge is 2.10. The second-order valence-electron chi connectivity index (χ2n) is 6.82. The van der Waals surface area contributed by atoms with Gasteiger partial charge in [0.25, 0.3) is 11.1 Å². The van der Waals surface area contributed by atoms with Crippen molar-refractivity contribution >= 4 is 16.9 Å². The number of nitrogens with one attached hydrogen (secondary N) is 1. The largest absolute Gasteiger partial charge is 0.316 e. The van der Waals surface area contributed by atoms with E-state index in [9.17, 15) is 9.59 Å². The number of hydrogen-bond donors (Lipinski definition) is 1. The number of hydrogen-bond acceptors (Lipinski definition) is 5. The van der Waals surface area contributed by atoms with Crippen molar-refractivity contribution in [2.75, 3.05) is 0 Å². The lowest BCUT2D eigenvalue weighted by Gasteiger charge is -2.10. The van der Waals surface area contributed by atoms with Gasteiger partial charge in [0.05, 0.1) is 6.33 Å². The van der Waals surface area contributed by atoms with Crippen molar-refractivity contribution in [1.29, 1.82) is 0 Å². The first kappa shape index (κ1) is 18.6. The van der Waals surface area contributed by atoms with Gasteiger partial charge in [-0.2, -0.15) is 0 Å². The van der Waals surface area contributed by atoms with Crippen LogP contribution in [0.1, 0.15) is 45.6 Å². The third kappa shape index (κ3) is 3.53. The van der Waals surface area contributed by atoms with Crippen LogP contribution in [0.2, 0.25) is 0 Å². The van der Waals surface area contributed by atoms with Gasteiger partial charge in [-0.15, -0.1) is 0 Å². The monoisotopic (exact) mass is 369 g/mol. The molecule has 4 aromatic heterocycles. The Hall–Kier alpha value is -3.23. The van der Waals surface area contributed by atoms with Gasteiger partial charge in [-0.05, 0) is 34.6 Å². The molecular formula is C18H23N7O2. The molecule has 4 rings (SSSR count). The SMILES string of the molecule is CC(C)n1ccc(=O)n2ccnc12.Cc1nc2c(ncn2C(C)C)c(=O)[nH]1. The molecule has 4 aromatic rings. The molecule has 0 saturated carbocycles. The van der Waals surface area contributed by atoms with Crippen LogP contribution in [0.5, 0.6) is 0 Å². The molecule has 4 heterocycles. The Balaban J connectivity index is 0.000000156. The van der Waals surface area contributed by atoms with E-state index < -0.39 is 0 Å². The number of aromatic amines is 1. The van der Waals surface area contributed by atoms with Crippen LogP contribution in [0.3, 0.4) is 0 Å². The maximum absolute atomic E-state index is 11.5. The molecule has 0 radical (unpaired) electrons. The maximum Gasteiger partial charge on any atom is 0.279 e. The Bertz CT molecular complexity index is 1190. The number of rotatable bonds is 2. The summed E-state index contributed by atoms with van der Waals surface area (Å²) in [7, 11) is 0. The molecule has 1 N–H and O–H groups in total. The predicted molar refractivity (Wildman–Crippen MR) is 103 cm³/mol. The molecule has 0 atom stereocenters. The summed E-state index contributed by atoms with van der Waals surface area (Å²) in [6, 6.07) is 2.12. The Labute approximate surface area is 155 Å². The number of H-pyrrole nitrogens is 1. The molecule has 0 saturated heterocycles. The van der Waals surface area contributed by atoms with Crippen LogP contribution in [-0.2, 0) is 0 Å². The number of aryl methyl sites for hydroxylation is 1. The molecule has 0 aliphatic heterocycles. The first-order chi connectivity index (χ1) is 12.8. The third-order valence-electron chi connectivity index (χ3n) is 4.13. The highest BCUT2D eigenvalue weighted by molar-refractivity contribution is 5.69. The predicted octanol–water partition coefficient (Wildman–Crippen LogP) is 2.09. The van der Waals surface area contributed by atoms with E-state index in [0.717, 1.165) is 0 Å². The number of imidazole rings is 2. The van der Waals surface area contributed by atoms with Crippen molar-refractivity contribution in [3.63, 3.8) is 0 Å². The number of aromatic nitrogens is 7. The van der Waals surface area contributed by atoms with E-state index in [1.807, 2.05) is 23.0 Å². The lowest BCUT2D eigenvalue weighted by Crippen LogP contribution is -2.16. The fraction of sp³-hybridized carbons (Fsp3) is 0.389. The summed E-state index contributed by atoms with van der Waals surface area (Å²) in [5.41, 5.74) is 0.849. The van der Waals surface area contributed by atoms with Gasteiger partial charge in [0.15, 0.2) is 11.2 Å². The Morgan fingerprint density at radius 1 is 1.00 bits per heavy atom. The minimum Gasteiger partial charge on any atom is -0.316 e. The fourth-order valence-electron chi connectivity index (χ4n) is 2.77. The van der Waals surface area contributed by atoms with Crippen LogP contribution >= 0.6 is 0 Å². The quantitative estimate of drug-likeness (QED) is 0.583. The zero-order chi connectivity index (χ0) is 19.7. The van der Waals surface area contributed by atoms with Gasteiger partial charge < -0.3 is 14.1 Å². The van der Waals surface area contributed by atoms with Crippen molar-refractivity contribution in [3.05, 3.63) is 57.5 Å². The molecule has 27 heavy (non-hydrogen) atoms. The van der Waals surface area contributed by atoms with E-state index in [0.29, 0.717) is 28.8 Å². The van der Waals surface area contributed by atoms with Crippen LogP contribution in [0, 0.1) is 6.92 Å². The Kier molecular flexibility index (Phi) is 4.93. The number of nitrogens with zero attached hydrogens (tertiary/aromatic N) is 6. The van der Waals surface area contributed by atoms with Gasteiger partial charge in [0.2, 0.25) is 5.78 Å². The third-order valence-corrected chi connectivity index (χ3v) is 4.13. The normalized spacial score (nSPS) is 11.4. The average molecular weight is 369 g/mol. The van der Waals surface area contributed by atoms with Crippen LogP contribution in [0.15, 0.2) is 40.6 Å². The molecule has 0 bridgehead atoms. The molecule has 0 aliphatic carbocycles. The molecule has 0 unspecified atom stereocenters. The van der Waals surface area contributed by atoms with Crippen molar-refractivity contribution in [1.82, 2.24) is 33.5 Å². The van der Waals surface area contributed by atoms with Gasteiger partial charge in [-0.1, -0.05) is 0 Å². The summed E-state index contributed by atoms with van der Waals surface area (Å²) in [5, 5.41) is 0. The molecule has 142 valence electrons. The van der Waals surface area contributed by atoms with Crippen LogP contribution in [0.25, 0.3) is 16.9 Å². The molecule has 0 fully saturated rings.